The molecule has 1 N–H and O–H groups in total. The van der Waals surface area contributed by atoms with Crippen molar-refractivity contribution in [3.05, 3.63) is 48.4 Å². The SMILES string of the molecule is Fc1ccc(Nc2cc(F)ncn2)cc1. The quantitative estimate of drug-likeness (QED) is 0.769. The molecule has 0 saturated carbocycles. The third-order valence-electron chi connectivity index (χ3n) is 1.75. The normalized spacial score (nSPS) is 10.0. The van der Waals surface area contributed by atoms with Crippen molar-refractivity contribution in [3.8, 4) is 0 Å². The summed E-state index contributed by atoms with van der Waals surface area (Å²) in [6, 6.07) is 6.84. The molecule has 0 spiro atoms. The summed E-state index contributed by atoms with van der Waals surface area (Å²) in [4.78, 5) is 7.12. The molecule has 76 valence electrons. The molecule has 2 rings (SSSR count). The molecule has 15 heavy (non-hydrogen) atoms. The van der Waals surface area contributed by atoms with Gasteiger partial charge in [0, 0.05) is 11.8 Å². The first-order valence-corrected chi connectivity index (χ1v) is 4.24. The van der Waals surface area contributed by atoms with Crippen LogP contribution >= 0.6 is 0 Å². The number of benzene rings is 1. The second-order valence-electron chi connectivity index (χ2n) is 2.86. The molecule has 1 aromatic heterocycles. The lowest BCUT2D eigenvalue weighted by atomic mass is 10.3. The molecule has 0 amide bonds. The number of anilines is 2. The molecule has 5 heteroatoms. The maximum Gasteiger partial charge on any atom is 0.218 e. The molecule has 0 atom stereocenters. The van der Waals surface area contributed by atoms with Gasteiger partial charge in [0.05, 0.1) is 0 Å². The van der Waals surface area contributed by atoms with Gasteiger partial charge in [-0.05, 0) is 24.3 Å². The van der Waals surface area contributed by atoms with Gasteiger partial charge < -0.3 is 5.32 Å². The van der Waals surface area contributed by atoms with E-state index >= 15 is 0 Å². The van der Waals surface area contributed by atoms with Crippen molar-refractivity contribution >= 4 is 11.5 Å². The molecule has 1 aromatic carbocycles. The minimum absolute atomic E-state index is 0.325. The van der Waals surface area contributed by atoms with E-state index in [0.717, 1.165) is 12.4 Å². The average Bonchev–Trinajstić information content (AvgIpc) is 2.22. The first kappa shape index (κ1) is 9.51. The highest BCUT2D eigenvalue weighted by Gasteiger charge is 1.98. The molecular formula is C10H7F2N3. The predicted octanol–water partition coefficient (Wildman–Crippen LogP) is 2.50. The van der Waals surface area contributed by atoms with Crippen LogP contribution in [0.3, 0.4) is 0 Å². The molecule has 0 aliphatic rings. The lowest BCUT2D eigenvalue weighted by molar-refractivity contribution is 0.580. The zero-order valence-corrected chi connectivity index (χ0v) is 7.61. The molecule has 0 saturated heterocycles. The van der Waals surface area contributed by atoms with Crippen LogP contribution in [0, 0.1) is 11.8 Å². The molecule has 3 nitrogen and oxygen atoms in total. The fraction of sp³-hybridized carbons (Fsp3) is 0. The van der Waals surface area contributed by atoms with Crippen LogP contribution in [-0.2, 0) is 0 Å². The van der Waals surface area contributed by atoms with E-state index in [1.165, 1.54) is 24.3 Å². The maximum absolute atomic E-state index is 12.7. The molecule has 0 radical (unpaired) electrons. The van der Waals surface area contributed by atoms with E-state index in [0.29, 0.717) is 11.5 Å². The van der Waals surface area contributed by atoms with Crippen LogP contribution in [-0.4, -0.2) is 9.97 Å². The van der Waals surface area contributed by atoms with Crippen molar-refractivity contribution in [2.75, 3.05) is 5.32 Å². The lowest BCUT2D eigenvalue weighted by Crippen LogP contribution is -1.95. The van der Waals surface area contributed by atoms with Crippen molar-refractivity contribution in [1.29, 1.82) is 0 Å². The van der Waals surface area contributed by atoms with Crippen molar-refractivity contribution in [3.63, 3.8) is 0 Å². The fourth-order valence-electron chi connectivity index (χ4n) is 1.08. The number of halogens is 2. The van der Waals surface area contributed by atoms with Crippen LogP contribution in [0.5, 0.6) is 0 Å². The zero-order chi connectivity index (χ0) is 10.7. The second-order valence-corrected chi connectivity index (χ2v) is 2.86. The average molecular weight is 207 g/mol. The van der Waals surface area contributed by atoms with Gasteiger partial charge in [-0.15, -0.1) is 0 Å². The van der Waals surface area contributed by atoms with E-state index in [9.17, 15) is 8.78 Å². The maximum atomic E-state index is 12.7. The van der Waals surface area contributed by atoms with Crippen molar-refractivity contribution in [1.82, 2.24) is 9.97 Å². The predicted molar refractivity (Wildman–Crippen MR) is 51.7 cm³/mol. The summed E-state index contributed by atoms with van der Waals surface area (Å²) >= 11 is 0. The molecular weight excluding hydrogens is 200 g/mol. The second kappa shape index (κ2) is 4.00. The highest BCUT2D eigenvalue weighted by atomic mass is 19.1. The highest BCUT2D eigenvalue weighted by Crippen LogP contribution is 2.14. The van der Waals surface area contributed by atoms with Gasteiger partial charge in [0.15, 0.2) is 0 Å². The van der Waals surface area contributed by atoms with Gasteiger partial charge in [0.2, 0.25) is 5.95 Å². The van der Waals surface area contributed by atoms with Gasteiger partial charge in [0.25, 0.3) is 0 Å². The summed E-state index contributed by atoms with van der Waals surface area (Å²) in [5.41, 5.74) is 0.634. The molecule has 0 aliphatic heterocycles. The summed E-state index contributed by atoms with van der Waals surface area (Å²) in [5.74, 6) is -0.613. The first-order chi connectivity index (χ1) is 7.24. The Morgan fingerprint density at radius 3 is 2.40 bits per heavy atom. The summed E-state index contributed by atoms with van der Waals surface area (Å²) in [5, 5.41) is 2.81. The third-order valence-corrected chi connectivity index (χ3v) is 1.75. The Kier molecular flexibility index (Phi) is 2.53. The van der Waals surface area contributed by atoms with E-state index in [1.807, 2.05) is 0 Å². The number of nitrogens with zero attached hydrogens (tertiary/aromatic N) is 2. The first-order valence-electron chi connectivity index (χ1n) is 4.24. The third kappa shape index (κ3) is 2.46. The Balaban J connectivity index is 2.18. The molecule has 2 aromatic rings. The number of rotatable bonds is 2. The molecule has 0 unspecified atom stereocenters. The van der Waals surface area contributed by atoms with Crippen molar-refractivity contribution < 1.29 is 8.78 Å². The van der Waals surface area contributed by atoms with Gasteiger partial charge in [-0.3, -0.25) is 0 Å². The summed E-state index contributed by atoms with van der Waals surface area (Å²) in [7, 11) is 0. The minimum Gasteiger partial charge on any atom is -0.340 e. The van der Waals surface area contributed by atoms with Gasteiger partial charge >= 0.3 is 0 Å². The standard InChI is InChI=1S/C10H7F2N3/c11-7-1-3-8(4-2-7)15-10-5-9(12)13-6-14-10/h1-6H,(H,13,14,15). The zero-order valence-electron chi connectivity index (χ0n) is 7.61. The number of hydrogen-bond acceptors (Lipinski definition) is 3. The van der Waals surface area contributed by atoms with E-state index < -0.39 is 5.95 Å². The monoisotopic (exact) mass is 207 g/mol. The van der Waals surface area contributed by atoms with Crippen LogP contribution in [0.25, 0.3) is 0 Å². The number of hydrogen-bond donors (Lipinski definition) is 1. The van der Waals surface area contributed by atoms with E-state index in [-0.39, 0.29) is 5.82 Å². The van der Waals surface area contributed by atoms with Gasteiger partial charge in [-0.2, -0.15) is 4.39 Å². The van der Waals surface area contributed by atoms with E-state index in [2.05, 4.69) is 15.3 Å². The van der Waals surface area contributed by atoms with Gasteiger partial charge in [-0.25, -0.2) is 14.4 Å². The van der Waals surface area contributed by atoms with E-state index in [4.69, 9.17) is 0 Å². The topological polar surface area (TPSA) is 37.8 Å². The Hall–Kier alpha value is -2.04. The summed E-state index contributed by atoms with van der Waals surface area (Å²) < 4.78 is 25.3. The van der Waals surface area contributed by atoms with Crippen LogP contribution in [0.1, 0.15) is 0 Å². The Bertz CT molecular complexity index is 456. The minimum atomic E-state index is -0.616. The lowest BCUT2D eigenvalue weighted by Gasteiger charge is -2.04. The highest BCUT2D eigenvalue weighted by molar-refractivity contribution is 5.55. The summed E-state index contributed by atoms with van der Waals surface area (Å²) in [6.45, 7) is 0. The van der Waals surface area contributed by atoms with Crippen LogP contribution < -0.4 is 5.32 Å². The number of aromatic nitrogens is 2. The van der Waals surface area contributed by atoms with Crippen molar-refractivity contribution in [2.24, 2.45) is 0 Å². The van der Waals surface area contributed by atoms with E-state index in [1.54, 1.807) is 0 Å². The molecule has 1 heterocycles. The molecule has 0 fully saturated rings. The molecule has 0 bridgehead atoms. The van der Waals surface area contributed by atoms with Crippen LogP contribution in [0.15, 0.2) is 36.7 Å². The van der Waals surface area contributed by atoms with Gasteiger partial charge in [0.1, 0.15) is 18.0 Å². The smallest absolute Gasteiger partial charge is 0.218 e. The summed E-state index contributed by atoms with van der Waals surface area (Å²) in [6.07, 6.45) is 1.11. The van der Waals surface area contributed by atoms with Crippen LogP contribution in [0.4, 0.5) is 20.3 Å². The van der Waals surface area contributed by atoms with Crippen molar-refractivity contribution in [2.45, 2.75) is 0 Å². The number of nitrogens with one attached hydrogen (secondary N) is 1. The molecule has 0 aliphatic carbocycles. The van der Waals surface area contributed by atoms with Gasteiger partial charge in [-0.1, -0.05) is 0 Å². The Morgan fingerprint density at radius 2 is 1.73 bits per heavy atom. The Morgan fingerprint density at radius 1 is 1.00 bits per heavy atom. The fourth-order valence-corrected chi connectivity index (χ4v) is 1.08. The Labute approximate surface area is 84.8 Å². The largest absolute Gasteiger partial charge is 0.340 e. The van der Waals surface area contributed by atoms with Crippen LogP contribution in [0.2, 0.25) is 0 Å².